The van der Waals surface area contributed by atoms with Crippen LogP contribution < -0.4 is 0 Å². The van der Waals surface area contributed by atoms with Crippen LogP contribution in [0.3, 0.4) is 0 Å². The summed E-state index contributed by atoms with van der Waals surface area (Å²) >= 11 is 0. The number of hydrogen-bond donors (Lipinski definition) is 1. The molecule has 2 aromatic heterocycles. The number of aromatic nitrogens is 3. The van der Waals surface area contributed by atoms with Gasteiger partial charge in [-0.25, -0.2) is 4.79 Å². The molecule has 1 spiro atoms. The average molecular weight is 470 g/mol. The lowest BCUT2D eigenvalue weighted by Crippen LogP contribution is -2.47. The zero-order chi connectivity index (χ0) is 24.1. The van der Waals surface area contributed by atoms with Gasteiger partial charge in [-0.1, -0.05) is 6.07 Å². The van der Waals surface area contributed by atoms with Gasteiger partial charge in [-0.05, 0) is 30.5 Å². The molecule has 0 aromatic carbocycles. The van der Waals surface area contributed by atoms with Crippen molar-refractivity contribution in [2.75, 3.05) is 19.7 Å². The number of aliphatic carboxylic acids is 1. The number of halogens is 3. The molecule has 0 aliphatic carbocycles. The van der Waals surface area contributed by atoms with Crippen molar-refractivity contribution in [3.8, 4) is 0 Å². The Hall–Kier alpha value is -2.99. The summed E-state index contributed by atoms with van der Waals surface area (Å²) in [6.07, 6.45) is 2.86. The third kappa shape index (κ3) is 6.51. The number of nitrogens with zero attached hydrogens (tertiary/aromatic N) is 4. The molecular formula is C21H25F3N4O5. The molecular weight excluding hydrogens is 445 g/mol. The minimum atomic E-state index is -5.08. The number of alkyl halides is 3. The summed E-state index contributed by atoms with van der Waals surface area (Å²) in [6.45, 7) is 2.59. The number of piperidine rings is 1. The fourth-order valence-corrected chi connectivity index (χ4v) is 3.82. The molecule has 2 saturated heterocycles. The van der Waals surface area contributed by atoms with Gasteiger partial charge < -0.3 is 19.5 Å². The van der Waals surface area contributed by atoms with Crippen LogP contribution in [-0.4, -0.2) is 74.2 Å². The lowest BCUT2D eigenvalue weighted by molar-refractivity contribution is -0.192. The van der Waals surface area contributed by atoms with E-state index in [1.807, 2.05) is 23.2 Å². The van der Waals surface area contributed by atoms with Crippen molar-refractivity contribution in [2.24, 2.45) is 7.05 Å². The van der Waals surface area contributed by atoms with Gasteiger partial charge in [0.15, 0.2) is 0 Å². The lowest BCUT2D eigenvalue weighted by Gasteiger charge is -2.38. The minimum absolute atomic E-state index is 0.0437. The van der Waals surface area contributed by atoms with Gasteiger partial charge in [0, 0.05) is 45.1 Å². The summed E-state index contributed by atoms with van der Waals surface area (Å²) in [4.78, 5) is 27.5. The molecule has 9 nitrogen and oxygen atoms in total. The number of carbonyl (C=O) groups excluding carboxylic acids is 1. The summed E-state index contributed by atoms with van der Waals surface area (Å²) in [7, 11) is 1.79. The molecule has 2 aliphatic rings. The highest BCUT2D eigenvalue weighted by molar-refractivity contribution is 5.92. The number of amides is 1. The summed E-state index contributed by atoms with van der Waals surface area (Å²) in [6, 6.07) is 5.70. The van der Waals surface area contributed by atoms with Crippen LogP contribution in [0.5, 0.6) is 0 Å². The predicted octanol–water partition coefficient (Wildman–Crippen LogP) is 2.43. The Labute approximate surface area is 188 Å². The SMILES string of the molecule is Cn1nccc1C(=O)N1CCC2(CC1)CC(OCc1cccnc1)CO2.O=C(O)C(F)(F)F. The molecule has 12 heteroatoms. The molecule has 2 aliphatic heterocycles. The summed E-state index contributed by atoms with van der Waals surface area (Å²) in [5, 5.41) is 11.2. The number of ether oxygens (including phenoxy) is 2. The van der Waals surface area contributed by atoms with E-state index in [0.29, 0.717) is 32.0 Å². The fraction of sp³-hybridized carbons (Fsp3) is 0.524. The van der Waals surface area contributed by atoms with Crippen LogP contribution in [0.4, 0.5) is 13.2 Å². The molecule has 180 valence electrons. The average Bonchev–Trinajstić information content (AvgIpc) is 3.39. The minimum Gasteiger partial charge on any atom is -0.475 e. The van der Waals surface area contributed by atoms with Gasteiger partial charge >= 0.3 is 12.1 Å². The monoisotopic (exact) mass is 470 g/mol. The largest absolute Gasteiger partial charge is 0.490 e. The standard InChI is InChI=1S/C19H24N4O3.C2HF3O2/c1-22-17(4-8-21-22)18(24)23-9-5-19(6-10-23)11-16(14-26-19)25-13-15-3-2-7-20-12-15;3-2(4,5)1(6)7/h2-4,7-8,12,16H,5-6,9-11,13-14H2,1H3;(H,6,7). The number of likely N-dealkylation sites (tertiary alicyclic amines) is 1. The van der Waals surface area contributed by atoms with Crippen molar-refractivity contribution in [3.63, 3.8) is 0 Å². The Bertz CT molecular complexity index is 943. The summed E-state index contributed by atoms with van der Waals surface area (Å²) < 4.78 is 45.5. The van der Waals surface area contributed by atoms with Crippen LogP contribution in [0.25, 0.3) is 0 Å². The van der Waals surface area contributed by atoms with Gasteiger partial charge in [0.25, 0.3) is 5.91 Å². The Kier molecular flexibility index (Phi) is 7.69. The molecule has 1 amide bonds. The second-order valence-electron chi connectivity index (χ2n) is 7.93. The molecule has 0 saturated carbocycles. The normalized spacial score (nSPS) is 19.8. The number of carboxylic acid groups (broad SMARTS) is 1. The number of carbonyl (C=O) groups is 2. The van der Waals surface area contributed by atoms with Crippen molar-refractivity contribution in [2.45, 2.75) is 43.8 Å². The quantitative estimate of drug-likeness (QED) is 0.732. The molecule has 0 bridgehead atoms. The van der Waals surface area contributed by atoms with Crippen LogP contribution in [0, 0.1) is 0 Å². The predicted molar refractivity (Wildman–Crippen MR) is 108 cm³/mol. The smallest absolute Gasteiger partial charge is 0.475 e. The van der Waals surface area contributed by atoms with Crippen molar-refractivity contribution in [3.05, 3.63) is 48.0 Å². The topological polar surface area (TPSA) is 107 Å². The molecule has 1 N–H and O–H groups in total. The van der Waals surface area contributed by atoms with Crippen LogP contribution >= 0.6 is 0 Å². The number of carboxylic acids is 1. The Morgan fingerprint density at radius 3 is 2.52 bits per heavy atom. The van der Waals surface area contributed by atoms with E-state index < -0.39 is 12.1 Å². The zero-order valence-electron chi connectivity index (χ0n) is 18.0. The van der Waals surface area contributed by atoms with E-state index in [-0.39, 0.29) is 17.6 Å². The van der Waals surface area contributed by atoms with Crippen molar-refractivity contribution < 1.29 is 37.3 Å². The van der Waals surface area contributed by atoms with Gasteiger partial charge in [-0.3, -0.25) is 14.5 Å². The van der Waals surface area contributed by atoms with Gasteiger partial charge in [0.2, 0.25) is 0 Å². The van der Waals surface area contributed by atoms with Crippen LogP contribution in [0.1, 0.15) is 35.3 Å². The molecule has 2 aromatic rings. The first-order chi connectivity index (χ1) is 15.6. The fourth-order valence-electron chi connectivity index (χ4n) is 3.82. The maximum atomic E-state index is 12.6. The second kappa shape index (κ2) is 10.3. The second-order valence-corrected chi connectivity index (χ2v) is 7.93. The first kappa shape index (κ1) is 24.6. The zero-order valence-corrected chi connectivity index (χ0v) is 18.0. The van der Waals surface area contributed by atoms with Crippen molar-refractivity contribution >= 4 is 11.9 Å². The van der Waals surface area contributed by atoms with Crippen molar-refractivity contribution in [1.29, 1.82) is 0 Å². The van der Waals surface area contributed by atoms with E-state index in [1.54, 1.807) is 30.2 Å². The van der Waals surface area contributed by atoms with Gasteiger partial charge in [0.1, 0.15) is 5.69 Å². The molecule has 33 heavy (non-hydrogen) atoms. The maximum Gasteiger partial charge on any atom is 0.490 e. The Morgan fingerprint density at radius 1 is 1.27 bits per heavy atom. The summed E-state index contributed by atoms with van der Waals surface area (Å²) in [5.74, 6) is -2.71. The molecule has 1 atom stereocenters. The maximum absolute atomic E-state index is 12.6. The molecule has 1 unspecified atom stereocenters. The number of rotatable bonds is 4. The van der Waals surface area contributed by atoms with Crippen LogP contribution in [0.2, 0.25) is 0 Å². The van der Waals surface area contributed by atoms with E-state index in [4.69, 9.17) is 19.4 Å². The van der Waals surface area contributed by atoms with E-state index in [9.17, 15) is 18.0 Å². The van der Waals surface area contributed by atoms with Crippen LogP contribution in [-0.2, 0) is 27.9 Å². The molecule has 0 radical (unpaired) electrons. The number of hydrogen-bond acceptors (Lipinski definition) is 6. The highest BCUT2D eigenvalue weighted by Gasteiger charge is 2.44. The van der Waals surface area contributed by atoms with Gasteiger partial charge in [0.05, 0.1) is 24.9 Å². The first-order valence-electron chi connectivity index (χ1n) is 10.3. The highest BCUT2D eigenvalue weighted by atomic mass is 19.4. The van der Waals surface area contributed by atoms with Gasteiger partial charge in [-0.2, -0.15) is 18.3 Å². The van der Waals surface area contributed by atoms with Crippen molar-refractivity contribution in [1.82, 2.24) is 19.7 Å². The lowest BCUT2D eigenvalue weighted by atomic mass is 9.88. The summed E-state index contributed by atoms with van der Waals surface area (Å²) in [5.41, 5.74) is 1.55. The third-order valence-corrected chi connectivity index (χ3v) is 5.63. The Morgan fingerprint density at radius 2 is 1.97 bits per heavy atom. The highest BCUT2D eigenvalue weighted by Crippen LogP contribution is 2.37. The molecule has 2 fully saturated rings. The van der Waals surface area contributed by atoms with Crippen LogP contribution in [0.15, 0.2) is 36.8 Å². The first-order valence-corrected chi connectivity index (χ1v) is 10.3. The third-order valence-electron chi connectivity index (χ3n) is 5.63. The Balaban J connectivity index is 0.000000383. The van der Waals surface area contributed by atoms with Gasteiger partial charge in [-0.15, -0.1) is 0 Å². The van der Waals surface area contributed by atoms with E-state index in [1.165, 1.54) is 0 Å². The number of pyridine rings is 1. The van der Waals surface area contributed by atoms with E-state index in [2.05, 4.69) is 10.1 Å². The molecule has 4 heterocycles. The van der Waals surface area contributed by atoms with E-state index in [0.717, 1.165) is 24.8 Å². The molecule has 4 rings (SSSR count). The van der Waals surface area contributed by atoms with E-state index >= 15 is 0 Å². The number of aryl methyl sites for hydroxylation is 1.